The lowest BCUT2D eigenvalue weighted by Gasteiger charge is -2.11. The van der Waals surface area contributed by atoms with Crippen molar-refractivity contribution in [3.8, 4) is 11.6 Å². The van der Waals surface area contributed by atoms with Crippen LogP contribution in [0.3, 0.4) is 0 Å². The SMILES string of the molecule is Nc1cc(Oc2ccc3c(C(=O)Nc4ccc(F)c(C5CC5)c4)cccc3c2)ncn1. The number of carbonyl (C=O) groups is 1. The van der Waals surface area contributed by atoms with Crippen molar-refractivity contribution in [1.82, 2.24) is 9.97 Å². The number of aromatic nitrogens is 2. The highest BCUT2D eigenvalue weighted by Gasteiger charge is 2.26. The molecule has 6 nitrogen and oxygen atoms in total. The lowest BCUT2D eigenvalue weighted by Crippen LogP contribution is -2.12. The quantitative estimate of drug-likeness (QED) is 0.464. The number of nitrogens with one attached hydrogen (secondary N) is 1. The Hall–Kier alpha value is -4.00. The van der Waals surface area contributed by atoms with Gasteiger partial charge in [-0.1, -0.05) is 12.1 Å². The Morgan fingerprint density at radius 3 is 2.74 bits per heavy atom. The summed E-state index contributed by atoms with van der Waals surface area (Å²) in [5, 5.41) is 4.51. The molecule has 3 N–H and O–H groups in total. The van der Waals surface area contributed by atoms with Crippen molar-refractivity contribution in [3.63, 3.8) is 0 Å². The molecule has 0 saturated heterocycles. The minimum atomic E-state index is -0.254. The minimum absolute atomic E-state index is 0.219. The van der Waals surface area contributed by atoms with Crippen molar-refractivity contribution in [2.24, 2.45) is 0 Å². The Morgan fingerprint density at radius 1 is 1.06 bits per heavy atom. The van der Waals surface area contributed by atoms with Crippen molar-refractivity contribution in [1.29, 1.82) is 0 Å². The molecule has 1 fully saturated rings. The van der Waals surface area contributed by atoms with Crippen LogP contribution in [0.4, 0.5) is 15.9 Å². The number of hydrogen-bond donors (Lipinski definition) is 2. The Kier molecular flexibility index (Phi) is 4.71. The minimum Gasteiger partial charge on any atom is -0.439 e. The molecule has 1 saturated carbocycles. The zero-order valence-corrected chi connectivity index (χ0v) is 16.5. The van der Waals surface area contributed by atoms with Gasteiger partial charge in [-0.25, -0.2) is 14.4 Å². The van der Waals surface area contributed by atoms with E-state index >= 15 is 0 Å². The van der Waals surface area contributed by atoms with Gasteiger partial charge in [-0.15, -0.1) is 0 Å². The topological polar surface area (TPSA) is 90.1 Å². The molecular formula is C24H19FN4O2. The second kappa shape index (κ2) is 7.68. The summed E-state index contributed by atoms with van der Waals surface area (Å²) in [6, 6.07) is 17.1. The number of rotatable bonds is 5. The number of benzene rings is 3. The van der Waals surface area contributed by atoms with E-state index in [1.54, 1.807) is 24.3 Å². The first-order valence-electron chi connectivity index (χ1n) is 9.96. The van der Waals surface area contributed by atoms with Gasteiger partial charge in [0.2, 0.25) is 5.88 Å². The summed E-state index contributed by atoms with van der Waals surface area (Å²) in [6.45, 7) is 0. The first-order chi connectivity index (χ1) is 15.1. The highest BCUT2D eigenvalue weighted by Crippen LogP contribution is 2.42. The smallest absolute Gasteiger partial charge is 0.256 e. The standard InChI is InChI=1S/C24H19FN4O2/c25-21-9-6-16(11-20(21)14-4-5-14)29-24(30)19-3-1-2-15-10-17(7-8-18(15)19)31-23-12-22(26)27-13-28-23/h1-3,6-14H,4-5H2,(H,29,30)(H2,26,27,28). The molecular weight excluding hydrogens is 395 g/mol. The van der Waals surface area contributed by atoms with Gasteiger partial charge in [-0.2, -0.15) is 0 Å². The molecule has 154 valence electrons. The number of nitrogen functional groups attached to an aromatic ring is 1. The van der Waals surface area contributed by atoms with E-state index in [2.05, 4.69) is 15.3 Å². The average molecular weight is 414 g/mol. The Morgan fingerprint density at radius 2 is 1.94 bits per heavy atom. The Labute approximate surface area is 177 Å². The summed E-state index contributed by atoms with van der Waals surface area (Å²) in [7, 11) is 0. The van der Waals surface area contributed by atoms with Gasteiger partial charge in [-0.05, 0) is 77.6 Å². The number of amides is 1. The third-order valence-corrected chi connectivity index (χ3v) is 5.25. The van der Waals surface area contributed by atoms with Crippen LogP contribution in [0.15, 0.2) is 67.0 Å². The molecule has 0 bridgehead atoms. The summed E-state index contributed by atoms with van der Waals surface area (Å²) in [5.41, 5.74) is 7.44. The highest BCUT2D eigenvalue weighted by molar-refractivity contribution is 6.13. The van der Waals surface area contributed by atoms with Crippen LogP contribution in [0.25, 0.3) is 10.8 Å². The van der Waals surface area contributed by atoms with Crippen molar-refractivity contribution in [3.05, 3.63) is 83.9 Å². The van der Waals surface area contributed by atoms with Crippen LogP contribution in [0.1, 0.15) is 34.7 Å². The van der Waals surface area contributed by atoms with Crippen LogP contribution in [-0.4, -0.2) is 15.9 Å². The molecule has 0 spiro atoms. The van der Waals surface area contributed by atoms with Crippen LogP contribution in [-0.2, 0) is 0 Å². The third-order valence-electron chi connectivity index (χ3n) is 5.25. The lowest BCUT2D eigenvalue weighted by molar-refractivity contribution is 0.102. The van der Waals surface area contributed by atoms with E-state index in [9.17, 15) is 9.18 Å². The monoisotopic (exact) mass is 414 g/mol. The summed E-state index contributed by atoms with van der Waals surface area (Å²) >= 11 is 0. The van der Waals surface area contributed by atoms with Gasteiger partial charge < -0.3 is 15.8 Å². The van der Waals surface area contributed by atoms with E-state index in [0.29, 0.717) is 34.3 Å². The van der Waals surface area contributed by atoms with Gasteiger partial charge in [0.1, 0.15) is 23.7 Å². The molecule has 4 aromatic rings. The molecule has 1 amide bonds. The Balaban J connectivity index is 1.40. The number of anilines is 2. The molecule has 1 aromatic heterocycles. The van der Waals surface area contributed by atoms with E-state index in [4.69, 9.17) is 10.5 Å². The van der Waals surface area contributed by atoms with Crippen molar-refractivity contribution >= 4 is 28.2 Å². The van der Waals surface area contributed by atoms with Crippen LogP contribution in [0, 0.1) is 5.82 Å². The molecule has 1 heterocycles. The number of nitrogens with two attached hydrogens (primary N) is 1. The first kappa shape index (κ1) is 19.0. The summed E-state index contributed by atoms with van der Waals surface area (Å²) < 4.78 is 19.8. The number of carbonyl (C=O) groups excluding carboxylic acids is 1. The maximum absolute atomic E-state index is 14.0. The lowest BCUT2D eigenvalue weighted by atomic mass is 10.0. The molecule has 0 aliphatic heterocycles. The summed E-state index contributed by atoms with van der Waals surface area (Å²) in [4.78, 5) is 20.8. The fraction of sp³-hybridized carbons (Fsp3) is 0.125. The van der Waals surface area contributed by atoms with Crippen molar-refractivity contribution < 1.29 is 13.9 Å². The first-order valence-corrected chi connectivity index (χ1v) is 9.96. The average Bonchev–Trinajstić information content (AvgIpc) is 3.60. The van der Waals surface area contributed by atoms with Gasteiger partial charge in [0, 0.05) is 17.3 Å². The van der Waals surface area contributed by atoms with E-state index in [-0.39, 0.29) is 17.6 Å². The number of hydrogen-bond acceptors (Lipinski definition) is 5. The van der Waals surface area contributed by atoms with Crippen LogP contribution in [0.2, 0.25) is 0 Å². The zero-order valence-electron chi connectivity index (χ0n) is 16.5. The van der Waals surface area contributed by atoms with Crippen LogP contribution >= 0.6 is 0 Å². The number of halogens is 1. The van der Waals surface area contributed by atoms with Gasteiger partial charge in [-0.3, -0.25) is 4.79 Å². The van der Waals surface area contributed by atoms with Gasteiger partial charge in [0.25, 0.3) is 5.91 Å². The van der Waals surface area contributed by atoms with E-state index < -0.39 is 0 Å². The second-order valence-electron chi connectivity index (χ2n) is 7.54. The predicted molar refractivity (Wildman–Crippen MR) is 117 cm³/mol. The molecule has 5 rings (SSSR count). The van der Waals surface area contributed by atoms with Gasteiger partial charge >= 0.3 is 0 Å². The van der Waals surface area contributed by atoms with Crippen molar-refractivity contribution in [2.45, 2.75) is 18.8 Å². The maximum Gasteiger partial charge on any atom is 0.256 e. The highest BCUT2D eigenvalue weighted by atomic mass is 19.1. The molecule has 0 unspecified atom stereocenters. The molecule has 3 aromatic carbocycles. The molecule has 1 aliphatic carbocycles. The van der Waals surface area contributed by atoms with Gasteiger partial charge in [0.15, 0.2) is 0 Å². The Bertz CT molecular complexity index is 1300. The number of fused-ring (bicyclic) bond motifs is 1. The van der Waals surface area contributed by atoms with E-state index in [0.717, 1.165) is 23.6 Å². The van der Waals surface area contributed by atoms with Crippen molar-refractivity contribution in [2.75, 3.05) is 11.1 Å². The van der Waals surface area contributed by atoms with E-state index in [1.165, 1.54) is 18.5 Å². The number of nitrogens with zero attached hydrogens (tertiary/aromatic N) is 2. The molecule has 1 aliphatic rings. The molecule has 7 heteroatoms. The second-order valence-corrected chi connectivity index (χ2v) is 7.54. The summed E-state index contributed by atoms with van der Waals surface area (Å²) in [5.74, 6) is 1.01. The normalized spacial score (nSPS) is 13.2. The number of ether oxygens (including phenoxy) is 1. The third kappa shape index (κ3) is 4.02. The maximum atomic E-state index is 14.0. The van der Waals surface area contributed by atoms with Gasteiger partial charge in [0.05, 0.1) is 0 Å². The predicted octanol–water partition coefficient (Wildman–Crippen LogP) is 5.27. The van der Waals surface area contributed by atoms with E-state index in [1.807, 2.05) is 24.3 Å². The largest absolute Gasteiger partial charge is 0.439 e. The van der Waals surface area contributed by atoms with Crippen LogP contribution in [0.5, 0.6) is 11.6 Å². The fourth-order valence-electron chi connectivity index (χ4n) is 3.58. The summed E-state index contributed by atoms with van der Waals surface area (Å²) in [6.07, 6.45) is 3.31. The molecule has 0 radical (unpaired) electrons. The zero-order chi connectivity index (χ0) is 21.4. The molecule has 0 atom stereocenters. The fourth-order valence-corrected chi connectivity index (χ4v) is 3.58. The van der Waals surface area contributed by atoms with Crippen LogP contribution < -0.4 is 15.8 Å². The molecule has 31 heavy (non-hydrogen) atoms.